The smallest absolute Gasteiger partial charge is 0.257 e. The lowest BCUT2D eigenvalue weighted by atomic mass is 9.76. The maximum absolute atomic E-state index is 16.0. The Kier molecular flexibility index (Phi) is 11.0. The molecule has 7 nitrogen and oxygen atoms in total. The van der Waals surface area contributed by atoms with E-state index < -0.39 is 34.4 Å². The predicted octanol–water partition coefficient (Wildman–Crippen LogP) is 8.76. The van der Waals surface area contributed by atoms with Gasteiger partial charge in [-0.15, -0.1) is 0 Å². The predicted molar refractivity (Wildman–Crippen MR) is 226 cm³/mol. The van der Waals surface area contributed by atoms with Crippen molar-refractivity contribution in [2.45, 2.75) is 38.0 Å². The zero-order valence-electron chi connectivity index (χ0n) is 33.3. The van der Waals surface area contributed by atoms with Gasteiger partial charge in [0.25, 0.3) is 5.91 Å². The van der Waals surface area contributed by atoms with Crippen LogP contribution in [0, 0.1) is 18.6 Å². The van der Waals surface area contributed by atoms with Crippen LogP contribution in [0.15, 0.2) is 169 Å². The van der Waals surface area contributed by atoms with E-state index in [-0.39, 0.29) is 23.8 Å². The van der Waals surface area contributed by atoms with Gasteiger partial charge in [-0.25, -0.2) is 8.78 Å². The fourth-order valence-corrected chi connectivity index (χ4v) is 7.87. The first-order valence-corrected chi connectivity index (χ1v) is 19.2. The average molecular weight is 776 g/mol. The quantitative estimate of drug-likeness (QED) is 0.0975. The molecule has 0 aromatic heterocycles. The number of aryl methyl sites for hydroxylation is 1. The van der Waals surface area contributed by atoms with Gasteiger partial charge < -0.3 is 25.8 Å². The number of nitrogens with one attached hydrogen (secondary N) is 1. The summed E-state index contributed by atoms with van der Waals surface area (Å²) in [5, 5.41) is 3.35. The molecule has 2 aliphatic heterocycles. The summed E-state index contributed by atoms with van der Waals surface area (Å²) < 4.78 is 30.7. The standard InChI is InChI=1S/C49H47F2N5O2/c1-33-21-24-40(42(50)27-33)46(57)48(2,3)55(5)47(58)41-25-22-34(28-43(41)51)44-30-53-45-26-23-35(32-56(44)45)36(29-52)31-54(4)49(37-15-9-6-10-16-37,38-17-11-7-12-18-38)39-19-13-8-14-20-39/h6-28,30-32,45,53H,29,52H2,1-5H3/b36-31+. The number of nitrogens with two attached hydrogens (primary N) is 1. The number of Topliss-reactive ketones (excluding diaryl/α,β-unsaturated/α-hetero) is 1. The maximum atomic E-state index is 16.0. The molecule has 1 amide bonds. The highest BCUT2D eigenvalue weighted by atomic mass is 19.1. The molecule has 1 atom stereocenters. The Morgan fingerprint density at radius 2 is 1.34 bits per heavy atom. The molecule has 9 heteroatoms. The van der Waals surface area contributed by atoms with E-state index in [9.17, 15) is 14.0 Å². The minimum atomic E-state index is -1.46. The monoisotopic (exact) mass is 775 g/mol. The van der Waals surface area contributed by atoms with Crippen LogP contribution in [0.25, 0.3) is 5.70 Å². The molecule has 5 aromatic carbocycles. The number of hydrogen-bond acceptors (Lipinski definition) is 6. The summed E-state index contributed by atoms with van der Waals surface area (Å²) in [5.74, 6) is -2.70. The van der Waals surface area contributed by atoms with E-state index in [4.69, 9.17) is 5.73 Å². The third-order valence-electron chi connectivity index (χ3n) is 11.3. The van der Waals surface area contributed by atoms with Crippen molar-refractivity contribution in [1.82, 2.24) is 20.0 Å². The molecule has 294 valence electrons. The zero-order valence-corrected chi connectivity index (χ0v) is 33.3. The minimum Gasteiger partial charge on any atom is -0.366 e. The fraction of sp³-hybridized carbons (Fsp3) is 0.184. The van der Waals surface area contributed by atoms with Crippen LogP contribution in [0.4, 0.5) is 8.78 Å². The Morgan fingerprint density at radius 3 is 1.88 bits per heavy atom. The van der Waals surface area contributed by atoms with Crippen LogP contribution in [0.1, 0.15) is 62.4 Å². The summed E-state index contributed by atoms with van der Waals surface area (Å²) in [4.78, 5) is 32.5. The van der Waals surface area contributed by atoms with Gasteiger partial charge in [-0.2, -0.15) is 0 Å². The lowest BCUT2D eigenvalue weighted by Crippen LogP contribution is -2.51. The number of likely N-dealkylation sites (N-methyl/N-ethyl adjacent to an activating group) is 1. The molecule has 3 N–H and O–H groups in total. The van der Waals surface area contributed by atoms with Crippen LogP contribution in [0.5, 0.6) is 0 Å². The second-order valence-corrected chi connectivity index (χ2v) is 15.2. The second-order valence-electron chi connectivity index (χ2n) is 15.2. The van der Waals surface area contributed by atoms with Crippen molar-refractivity contribution >= 4 is 17.4 Å². The molecule has 0 radical (unpaired) electrons. The van der Waals surface area contributed by atoms with Crippen molar-refractivity contribution in [3.05, 3.63) is 220 Å². The fourth-order valence-electron chi connectivity index (χ4n) is 7.87. The molecule has 0 saturated carbocycles. The number of amides is 1. The Bertz CT molecular complexity index is 2360. The molecule has 5 aromatic rings. The number of carbonyl (C=O) groups is 2. The molecule has 0 spiro atoms. The van der Waals surface area contributed by atoms with E-state index in [1.807, 2.05) is 47.7 Å². The largest absolute Gasteiger partial charge is 0.366 e. The summed E-state index contributed by atoms with van der Waals surface area (Å²) in [5.41, 5.74) is 11.0. The first-order valence-electron chi connectivity index (χ1n) is 19.2. The number of halogens is 2. The zero-order chi connectivity index (χ0) is 41.2. The highest BCUT2D eigenvalue weighted by Gasteiger charge is 2.40. The number of carbonyl (C=O) groups excluding carboxylic acids is 2. The van der Waals surface area contributed by atoms with Crippen molar-refractivity contribution in [2.24, 2.45) is 5.73 Å². The van der Waals surface area contributed by atoms with Gasteiger partial charge >= 0.3 is 0 Å². The van der Waals surface area contributed by atoms with Gasteiger partial charge in [-0.1, -0.05) is 109 Å². The van der Waals surface area contributed by atoms with Gasteiger partial charge in [-0.05, 0) is 84.5 Å². The first kappa shape index (κ1) is 39.6. The van der Waals surface area contributed by atoms with Crippen molar-refractivity contribution < 1.29 is 18.4 Å². The SMILES string of the molecule is Cc1ccc(C(=O)C(C)(C)N(C)C(=O)c2ccc(C3=CNC4C=CC(/C(=C/N(C)C(c5ccccc5)(c5ccccc5)c5ccccc5)CN)=CN34)cc2F)c(F)c1. The normalized spacial score (nSPS) is 15.3. The van der Waals surface area contributed by atoms with Crippen LogP contribution in [-0.2, 0) is 5.54 Å². The number of nitrogens with zero attached hydrogens (tertiary/aromatic N) is 3. The molecular weight excluding hydrogens is 729 g/mol. The van der Waals surface area contributed by atoms with E-state index in [0.717, 1.165) is 32.7 Å². The highest BCUT2D eigenvalue weighted by molar-refractivity contribution is 6.06. The van der Waals surface area contributed by atoms with Crippen LogP contribution >= 0.6 is 0 Å². The number of benzene rings is 5. The van der Waals surface area contributed by atoms with E-state index in [1.54, 1.807) is 19.1 Å². The molecule has 0 saturated heterocycles. The molecule has 0 bridgehead atoms. The summed E-state index contributed by atoms with van der Waals surface area (Å²) in [6.07, 6.45) is 9.76. The number of rotatable bonds is 12. The molecule has 58 heavy (non-hydrogen) atoms. The van der Waals surface area contributed by atoms with Gasteiger partial charge in [0.05, 0.1) is 16.8 Å². The Labute approximate surface area is 339 Å². The third kappa shape index (κ3) is 7.14. The van der Waals surface area contributed by atoms with Gasteiger partial charge in [0.2, 0.25) is 0 Å². The van der Waals surface area contributed by atoms with Gasteiger partial charge in [0.1, 0.15) is 28.9 Å². The maximum Gasteiger partial charge on any atom is 0.257 e. The lowest BCUT2D eigenvalue weighted by molar-refractivity contribution is 0.0535. The van der Waals surface area contributed by atoms with E-state index >= 15 is 4.39 Å². The van der Waals surface area contributed by atoms with Gasteiger partial charge in [0.15, 0.2) is 5.78 Å². The van der Waals surface area contributed by atoms with Crippen molar-refractivity contribution in [1.29, 1.82) is 0 Å². The average Bonchev–Trinajstić information content (AvgIpc) is 3.67. The summed E-state index contributed by atoms with van der Waals surface area (Å²) in [6.45, 7) is 5.01. The lowest BCUT2D eigenvalue weighted by Gasteiger charge is -2.44. The van der Waals surface area contributed by atoms with Crippen molar-refractivity contribution in [3.8, 4) is 0 Å². The summed E-state index contributed by atoms with van der Waals surface area (Å²) >= 11 is 0. The minimum absolute atomic E-state index is 0.133. The van der Waals surface area contributed by atoms with E-state index in [0.29, 0.717) is 16.8 Å². The topological polar surface area (TPSA) is 81.9 Å². The molecule has 1 unspecified atom stereocenters. The van der Waals surface area contributed by atoms with Crippen molar-refractivity contribution in [3.63, 3.8) is 0 Å². The summed E-state index contributed by atoms with van der Waals surface area (Å²) in [7, 11) is 3.49. The first-order chi connectivity index (χ1) is 27.9. The van der Waals surface area contributed by atoms with Crippen LogP contribution in [0.2, 0.25) is 0 Å². The van der Waals surface area contributed by atoms with Crippen LogP contribution in [-0.4, -0.2) is 58.7 Å². The molecule has 2 aliphatic rings. The van der Waals surface area contributed by atoms with E-state index in [1.165, 1.54) is 45.2 Å². The highest BCUT2D eigenvalue weighted by Crippen LogP contribution is 2.43. The number of fused-ring (bicyclic) bond motifs is 1. The summed E-state index contributed by atoms with van der Waals surface area (Å²) in [6, 6.07) is 40.0. The third-order valence-corrected chi connectivity index (χ3v) is 11.3. The molecule has 7 rings (SSSR count). The molecular formula is C49H47F2N5O2. The van der Waals surface area contributed by atoms with Gasteiger partial charge in [-0.3, -0.25) is 9.59 Å². The Hall–Kier alpha value is -6.58. The molecule has 0 aliphatic carbocycles. The van der Waals surface area contributed by atoms with Crippen LogP contribution in [0.3, 0.4) is 0 Å². The molecule has 0 fully saturated rings. The number of allylic oxidation sites excluding steroid dienone is 1. The Morgan fingerprint density at radius 1 is 0.793 bits per heavy atom. The molecule has 2 heterocycles. The van der Waals surface area contributed by atoms with E-state index in [2.05, 4.69) is 96.3 Å². The number of hydrogen-bond donors (Lipinski definition) is 2. The number of ketones is 1. The van der Waals surface area contributed by atoms with Gasteiger partial charge in [0, 0.05) is 44.8 Å². The van der Waals surface area contributed by atoms with Crippen LogP contribution < -0.4 is 11.1 Å². The Balaban J connectivity index is 1.18. The van der Waals surface area contributed by atoms with Crippen molar-refractivity contribution in [2.75, 3.05) is 20.6 Å². The second kappa shape index (κ2) is 16.1.